The average molecular weight is 336 g/mol. The molecule has 0 aromatic rings. The van der Waals surface area contributed by atoms with Crippen molar-refractivity contribution in [2.45, 2.75) is 13.8 Å². The molecule has 0 aromatic carbocycles. The van der Waals surface area contributed by atoms with E-state index >= 15 is 0 Å². The Morgan fingerprint density at radius 1 is 1.18 bits per heavy atom. The number of ketones is 2. The molecular weight excluding hydrogens is 328 g/mol. The van der Waals surface area contributed by atoms with E-state index in [0.717, 1.165) is 6.92 Å². The number of ether oxygens (including phenoxy) is 1. The zero-order chi connectivity index (χ0) is 8.15. The molecule has 0 saturated carbocycles. The molecule has 0 rings (SSSR count). The molecule has 0 N–H and O–H groups in total. The monoisotopic (exact) mass is 337 g/mol. The van der Waals surface area contributed by atoms with Gasteiger partial charge in [-0.25, -0.2) is 4.79 Å². The van der Waals surface area contributed by atoms with E-state index in [1.54, 1.807) is 0 Å². The van der Waals surface area contributed by atoms with Gasteiger partial charge in [-0.1, -0.05) is 0 Å². The van der Waals surface area contributed by atoms with Crippen LogP contribution in [0.1, 0.15) is 13.8 Å². The maximum absolute atomic E-state index is 10.3. The molecule has 0 aliphatic heterocycles. The fraction of sp³-hybridized carbons (Fsp3) is 0.500. The molecule has 0 aromatic heterocycles. The molecule has 11 heavy (non-hydrogen) atoms. The summed E-state index contributed by atoms with van der Waals surface area (Å²) in [6.07, 6.45) is 0. The molecule has 0 aliphatic rings. The Morgan fingerprint density at radius 2 is 1.64 bits per heavy atom. The first kappa shape index (κ1) is 13.1. The minimum Gasteiger partial charge on any atom is -0.452 e. The van der Waals surface area contributed by atoms with Gasteiger partial charge in [-0.3, -0.25) is 9.59 Å². The van der Waals surface area contributed by atoms with E-state index < -0.39 is 11.8 Å². The second kappa shape index (κ2) is 6.19. The van der Waals surface area contributed by atoms with Crippen molar-refractivity contribution >= 4 is 17.5 Å². The van der Waals surface area contributed by atoms with Crippen molar-refractivity contribution in [1.29, 1.82) is 0 Å². The van der Waals surface area contributed by atoms with Crippen LogP contribution in [-0.2, 0) is 39.2 Å². The molecule has 0 unspecified atom stereocenters. The van der Waals surface area contributed by atoms with E-state index in [1.807, 2.05) is 0 Å². The van der Waals surface area contributed by atoms with Crippen LogP contribution < -0.4 is 0 Å². The van der Waals surface area contributed by atoms with Crippen LogP contribution in [0.4, 0.5) is 0 Å². The summed E-state index contributed by atoms with van der Waals surface area (Å²) in [5, 5.41) is 0. The van der Waals surface area contributed by atoms with Gasteiger partial charge >= 0.3 is 5.97 Å². The molecule has 0 heterocycles. The SMILES string of the molecule is CC(=O)COC(=O)C(C)=O.[Ir]. The minimum atomic E-state index is -0.963. The smallest absolute Gasteiger partial charge is 0.374 e. The van der Waals surface area contributed by atoms with Crippen molar-refractivity contribution in [2.24, 2.45) is 0 Å². The first-order valence-corrected chi connectivity index (χ1v) is 2.71. The normalized spacial score (nSPS) is 7.82. The summed E-state index contributed by atoms with van der Waals surface area (Å²) in [6.45, 7) is 2.04. The summed E-state index contributed by atoms with van der Waals surface area (Å²) < 4.78 is 4.23. The number of rotatable bonds is 3. The summed E-state index contributed by atoms with van der Waals surface area (Å²) >= 11 is 0. The van der Waals surface area contributed by atoms with Crippen LogP contribution >= 0.6 is 0 Å². The zero-order valence-electron chi connectivity index (χ0n) is 6.17. The Morgan fingerprint density at radius 3 is 1.91 bits per heavy atom. The third-order valence-corrected chi connectivity index (χ3v) is 0.694. The maximum Gasteiger partial charge on any atom is 0.374 e. The standard InChI is InChI=1S/C6H8O4.Ir/c1-4(7)3-10-6(9)5(2)8;/h3H2,1-2H3;. The minimum absolute atomic E-state index is 0. The van der Waals surface area contributed by atoms with E-state index in [9.17, 15) is 14.4 Å². The topological polar surface area (TPSA) is 60.4 Å². The van der Waals surface area contributed by atoms with Crippen LogP contribution in [-0.4, -0.2) is 24.1 Å². The van der Waals surface area contributed by atoms with Crippen molar-refractivity contribution in [3.63, 3.8) is 0 Å². The van der Waals surface area contributed by atoms with Crippen LogP contribution in [0.3, 0.4) is 0 Å². The van der Waals surface area contributed by atoms with Crippen LogP contribution in [0.15, 0.2) is 0 Å². The molecule has 0 saturated heterocycles. The summed E-state index contributed by atoms with van der Waals surface area (Å²) in [5.74, 6) is -1.94. The third kappa shape index (κ3) is 7.36. The molecule has 65 valence electrons. The van der Waals surface area contributed by atoms with Gasteiger partial charge in [-0.05, 0) is 6.92 Å². The Hall–Kier alpha value is -0.541. The molecule has 0 fully saturated rings. The van der Waals surface area contributed by atoms with Crippen molar-refractivity contribution in [2.75, 3.05) is 6.61 Å². The Kier molecular flexibility index (Phi) is 7.36. The Balaban J connectivity index is 0. The first-order valence-electron chi connectivity index (χ1n) is 2.71. The number of carbonyl (C=O) groups excluding carboxylic acids is 3. The van der Waals surface area contributed by atoms with Gasteiger partial charge in [0.15, 0.2) is 5.78 Å². The van der Waals surface area contributed by atoms with E-state index in [2.05, 4.69) is 4.74 Å². The quantitative estimate of drug-likeness (QED) is 0.525. The Bertz CT molecular complexity index is 175. The molecule has 0 spiro atoms. The number of hydrogen-bond acceptors (Lipinski definition) is 4. The predicted molar refractivity (Wildman–Crippen MR) is 32.3 cm³/mol. The number of carbonyl (C=O) groups is 3. The van der Waals surface area contributed by atoms with Gasteiger partial charge < -0.3 is 4.74 Å². The van der Waals surface area contributed by atoms with Gasteiger partial charge in [-0.15, -0.1) is 0 Å². The third-order valence-electron chi connectivity index (χ3n) is 0.694. The van der Waals surface area contributed by atoms with Crippen molar-refractivity contribution < 1.29 is 39.2 Å². The molecule has 4 nitrogen and oxygen atoms in total. The average Bonchev–Trinajstić information content (AvgIpc) is 1.82. The van der Waals surface area contributed by atoms with Crippen molar-refractivity contribution in [1.82, 2.24) is 0 Å². The Labute approximate surface area is 77.6 Å². The fourth-order valence-electron chi connectivity index (χ4n) is 0.269. The van der Waals surface area contributed by atoms with E-state index in [1.165, 1.54) is 6.92 Å². The first-order chi connectivity index (χ1) is 4.54. The number of Topliss-reactive ketones (excluding diaryl/α,β-unsaturated/α-hetero) is 2. The predicted octanol–water partition coefficient (Wildman–Crippen LogP) is -0.295. The van der Waals surface area contributed by atoms with Crippen molar-refractivity contribution in [3.8, 4) is 0 Å². The molecular formula is C6H8IrO4. The van der Waals surface area contributed by atoms with Gasteiger partial charge in [0.25, 0.3) is 0 Å². The van der Waals surface area contributed by atoms with Crippen LogP contribution in [0.2, 0.25) is 0 Å². The van der Waals surface area contributed by atoms with Crippen LogP contribution in [0, 0.1) is 0 Å². The summed E-state index contributed by atoms with van der Waals surface area (Å²) in [5.41, 5.74) is 0. The van der Waals surface area contributed by atoms with Crippen LogP contribution in [0.25, 0.3) is 0 Å². The van der Waals surface area contributed by atoms with Gasteiger partial charge in [0, 0.05) is 27.0 Å². The largest absolute Gasteiger partial charge is 0.452 e. The summed E-state index contributed by atoms with van der Waals surface area (Å²) in [6, 6.07) is 0. The van der Waals surface area contributed by atoms with Gasteiger partial charge in [0.2, 0.25) is 5.78 Å². The second-order valence-corrected chi connectivity index (χ2v) is 1.83. The molecule has 1 radical (unpaired) electrons. The summed E-state index contributed by atoms with van der Waals surface area (Å²) in [7, 11) is 0. The zero-order valence-corrected chi connectivity index (χ0v) is 8.57. The molecule has 0 atom stereocenters. The summed E-state index contributed by atoms with van der Waals surface area (Å²) in [4.78, 5) is 30.7. The molecule has 0 bridgehead atoms. The molecule has 5 heteroatoms. The van der Waals surface area contributed by atoms with Gasteiger partial charge in [-0.2, -0.15) is 0 Å². The van der Waals surface area contributed by atoms with Gasteiger partial charge in [0.1, 0.15) is 6.61 Å². The van der Waals surface area contributed by atoms with Crippen molar-refractivity contribution in [3.05, 3.63) is 0 Å². The van der Waals surface area contributed by atoms with Gasteiger partial charge in [0.05, 0.1) is 0 Å². The second-order valence-electron chi connectivity index (χ2n) is 1.83. The van der Waals surface area contributed by atoms with E-state index in [4.69, 9.17) is 0 Å². The van der Waals surface area contributed by atoms with E-state index in [0.29, 0.717) is 0 Å². The van der Waals surface area contributed by atoms with Crippen LogP contribution in [0.5, 0.6) is 0 Å². The maximum atomic E-state index is 10.3. The molecule has 0 aliphatic carbocycles. The number of esters is 1. The fourth-order valence-corrected chi connectivity index (χ4v) is 0.269. The molecule has 0 amide bonds. The number of hydrogen-bond donors (Lipinski definition) is 0. The van der Waals surface area contributed by atoms with E-state index in [-0.39, 0.29) is 32.5 Å².